The second-order valence-electron chi connectivity index (χ2n) is 4.65. The van der Waals surface area contributed by atoms with Crippen molar-refractivity contribution in [1.29, 1.82) is 0 Å². The molecule has 0 rings (SSSR count). The van der Waals surface area contributed by atoms with E-state index in [4.69, 9.17) is 4.74 Å². The van der Waals surface area contributed by atoms with E-state index >= 15 is 0 Å². The largest absolute Gasteiger partial charge is 0.377 e. The standard InChI is InChI=1S/C11H25NO/c1-6-7-10(2)13-9-8-12-11(3,4)5/h10,12H,6-9H2,1-5H3. The smallest absolute Gasteiger partial charge is 0.0594 e. The van der Waals surface area contributed by atoms with Crippen LogP contribution in [0.1, 0.15) is 47.5 Å². The molecule has 2 nitrogen and oxygen atoms in total. The number of rotatable bonds is 6. The Balaban J connectivity index is 3.25. The predicted molar refractivity (Wildman–Crippen MR) is 58.1 cm³/mol. The van der Waals surface area contributed by atoms with Gasteiger partial charge in [0.15, 0.2) is 0 Å². The summed E-state index contributed by atoms with van der Waals surface area (Å²) in [6.45, 7) is 12.6. The Morgan fingerprint density at radius 3 is 2.38 bits per heavy atom. The molecular formula is C11H25NO. The lowest BCUT2D eigenvalue weighted by Crippen LogP contribution is -2.38. The van der Waals surface area contributed by atoms with Crippen LogP contribution in [-0.2, 0) is 4.74 Å². The maximum Gasteiger partial charge on any atom is 0.0594 e. The van der Waals surface area contributed by atoms with Crippen molar-refractivity contribution in [3.05, 3.63) is 0 Å². The predicted octanol–water partition coefficient (Wildman–Crippen LogP) is 2.58. The van der Waals surface area contributed by atoms with E-state index in [-0.39, 0.29) is 5.54 Å². The summed E-state index contributed by atoms with van der Waals surface area (Å²) in [5, 5.41) is 3.39. The fourth-order valence-electron chi connectivity index (χ4n) is 1.18. The molecule has 1 unspecified atom stereocenters. The van der Waals surface area contributed by atoms with Gasteiger partial charge in [-0.1, -0.05) is 13.3 Å². The number of hydrogen-bond acceptors (Lipinski definition) is 2. The minimum Gasteiger partial charge on any atom is -0.377 e. The van der Waals surface area contributed by atoms with Crippen molar-refractivity contribution in [3.8, 4) is 0 Å². The van der Waals surface area contributed by atoms with Crippen LogP contribution in [0.4, 0.5) is 0 Å². The molecular weight excluding hydrogens is 162 g/mol. The summed E-state index contributed by atoms with van der Waals surface area (Å²) in [5.74, 6) is 0. The third-order valence-corrected chi connectivity index (χ3v) is 1.85. The summed E-state index contributed by atoms with van der Waals surface area (Å²) in [7, 11) is 0. The van der Waals surface area contributed by atoms with Crippen molar-refractivity contribution in [2.24, 2.45) is 0 Å². The molecule has 2 heteroatoms. The lowest BCUT2D eigenvalue weighted by atomic mass is 10.1. The Morgan fingerprint density at radius 1 is 1.31 bits per heavy atom. The zero-order chi connectivity index (χ0) is 10.3. The molecule has 80 valence electrons. The van der Waals surface area contributed by atoms with Crippen molar-refractivity contribution < 1.29 is 4.74 Å². The number of nitrogens with one attached hydrogen (secondary N) is 1. The minimum atomic E-state index is 0.206. The molecule has 0 aliphatic rings. The van der Waals surface area contributed by atoms with Crippen LogP contribution in [0, 0.1) is 0 Å². The first kappa shape index (κ1) is 12.9. The summed E-state index contributed by atoms with van der Waals surface area (Å²) in [4.78, 5) is 0. The molecule has 0 aliphatic carbocycles. The average Bonchev–Trinajstić information content (AvgIpc) is 1.97. The fourth-order valence-corrected chi connectivity index (χ4v) is 1.18. The van der Waals surface area contributed by atoms with E-state index in [9.17, 15) is 0 Å². The van der Waals surface area contributed by atoms with Gasteiger partial charge in [0.25, 0.3) is 0 Å². The highest BCUT2D eigenvalue weighted by Gasteiger charge is 2.07. The molecule has 1 N–H and O–H groups in total. The third-order valence-electron chi connectivity index (χ3n) is 1.85. The highest BCUT2D eigenvalue weighted by Crippen LogP contribution is 2.01. The first-order valence-electron chi connectivity index (χ1n) is 5.32. The summed E-state index contributed by atoms with van der Waals surface area (Å²) < 4.78 is 5.62. The van der Waals surface area contributed by atoms with Crippen molar-refractivity contribution >= 4 is 0 Å². The maximum atomic E-state index is 5.62. The van der Waals surface area contributed by atoms with Crippen molar-refractivity contribution in [2.45, 2.75) is 59.1 Å². The molecule has 0 aliphatic heterocycles. The van der Waals surface area contributed by atoms with Crippen LogP contribution >= 0.6 is 0 Å². The lowest BCUT2D eigenvalue weighted by Gasteiger charge is -2.21. The fraction of sp³-hybridized carbons (Fsp3) is 1.00. The van der Waals surface area contributed by atoms with E-state index in [1.54, 1.807) is 0 Å². The second kappa shape index (κ2) is 6.39. The molecule has 0 aromatic heterocycles. The minimum absolute atomic E-state index is 0.206. The monoisotopic (exact) mass is 187 g/mol. The van der Waals surface area contributed by atoms with Gasteiger partial charge in [-0.2, -0.15) is 0 Å². The first-order chi connectivity index (χ1) is 5.95. The highest BCUT2D eigenvalue weighted by atomic mass is 16.5. The summed E-state index contributed by atoms with van der Waals surface area (Å²) >= 11 is 0. The van der Waals surface area contributed by atoms with E-state index in [1.165, 1.54) is 6.42 Å². The molecule has 0 amide bonds. The quantitative estimate of drug-likeness (QED) is 0.645. The van der Waals surface area contributed by atoms with Crippen molar-refractivity contribution in [1.82, 2.24) is 5.32 Å². The van der Waals surface area contributed by atoms with Gasteiger partial charge in [-0.25, -0.2) is 0 Å². The highest BCUT2D eigenvalue weighted by molar-refractivity contribution is 4.69. The Morgan fingerprint density at radius 2 is 1.92 bits per heavy atom. The van der Waals surface area contributed by atoms with Gasteiger partial charge in [0.1, 0.15) is 0 Å². The Hall–Kier alpha value is -0.0800. The molecule has 13 heavy (non-hydrogen) atoms. The van der Waals surface area contributed by atoms with Gasteiger partial charge >= 0.3 is 0 Å². The Kier molecular flexibility index (Phi) is 6.35. The van der Waals surface area contributed by atoms with Crippen LogP contribution in [0.15, 0.2) is 0 Å². The molecule has 0 radical (unpaired) electrons. The topological polar surface area (TPSA) is 21.3 Å². The van der Waals surface area contributed by atoms with Gasteiger partial charge in [-0.05, 0) is 34.1 Å². The van der Waals surface area contributed by atoms with E-state index < -0.39 is 0 Å². The summed E-state index contributed by atoms with van der Waals surface area (Å²) in [6.07, 6.45) is 2.77. The van der Waals surface area contributed by atoms with Gasteiger partial charge < -0.3 is 10.1 Å². The first-order valence-corrected chi connectivity index (χ1v) is 5.32. The molecule has 0 aromatic rings. The zero-order valence-corrected chi connectivity index (χ0v) is 9.81. The number of ether oxygens (including phenoxy) is 1. The third kappa shape index (κ3) is 9.84. The van der Waals surface area contributed by atoms with Gasteiger partial charge in [-0.3, -0.25) is 0 Å². The van der Waals surface area contributed by atoms with Crippen LogP contribution in [0.2, 0.25) is 0 Å². The lowest BCUT2D eigenvalue weighted by molar-refractivity contribution is 0.0590. The normalized spacial score (nSPS) is 14.5. The Labute approximate surface area is 83.1 Å². The van der Waals surface area contributed by atoms with E-state index in [1.807, 2.05) is 0 Å². The zero-order valence-electron chi connectivity index (χ0n) is 9.81. The maximum absolute atomic E-state index is 5.62. The van der Waals surface area contributed by atoms with Crippen LogP contribution < -0.4 is 5.32 Å². The van der Waals surface area contributed by atoms with Gasteiger partial charge in [0.05, 0.1) is 12.7 Å². The number of hydrogen-bond donors (Lipinski definition) is 1. The summed E-state index contributed by atoms with van der Waals surface area (Å²) in [6, 6.07) is 0. The van der Waals surface area contributed by atoms with Gasteiger partial charge in [0, 0.05) is 12.1 Å². The van der Waals surface area contributed by atoms with Crippen molar-refractivity contribution in [2.75, 3.05) is 13.2 Å². The molecule has 0 heterocycles. The van der Waals surface area contributed by atoms with Crippen LogP contribution in [0.3, 0.4) is 0 Å². The van der Waals surface area contributed by atoms with Crippen LogP contribution in [0.25, 0.3) is 0 Å². The van der Waals surface area contributed by atoms with Crippen LogP contribution in [0.5, 0.6) is 0 Å². The van der Waals surface area contributed by atoms with Crippen molar-refractivity contribution in [3.63, 3.8) is 0 Å². The molecule has 0 aromatic carbocycles. The molecule has 1 atom stereocenters. The summed E-state index contributed by atoms with van der Waals surface area (Å²) in [5.41, 5.74) is 0.206. The van der Waals surface area contributed by atoms with E-state index in [2.05, 4.69) is 39.9 Å². The molecule has 0 fully saturated rings. The van der Waals surface area contributed by atoms with Gasteiger partial charge in [-0.15, -0.1) is 0 Å². The second-order valence-corrected chi connectivity index (χ2v) is 4.65. The van der Waals surface area contributed by atoms with Gasteiger partial charge in [0.2, 0.25) is 0 Å². The molecule has 0 spiro atoms. The molecule has 0 saturated carbocycles. The SMILES string of the molecule is CCCC(C)OCCNC(C)(C)C. The molecule has 0 saturated heterocycles. The average molecular weight is 187 g/mol. The van der Waals surface area contributed by atoms with E-state index in [0.29, 0.717) is 6.10 Å². The van der Waals surface area contributed by atoms with Crippen LogP contribution in [-0.4, -0.2) is 24.8 Å². The molecule has 0 bridgehead atoms. The van der Waals surface area contributed by atoms with E-state index in [0.717, 1.165) is 19.6 Å². The Bertz CT molecular complexity index is 118.